The molecule has 0 saturated heterocycles. The van der Waals surface area contributed by atoms with Crippen molar-refractivity contribution in [3.63, 3.8) is 0 Å². The van der Waals surface area contributed by atoms with Crippen LogP contribution in [0.15, 0.2) is 63.8 Å². The second kappa shape index (κ2) is 5.28. The van der Waals surface area contributed by atoms with E-state index in [9.17, 15) is 13.6 Å². The number of rotatable bonds is 2. The summed E-state index contributed by atoms with van der Waals surface area (Å²) in [5.74, 6) is -0.416. The number of hydrogen-bond donors (Lipinski definition) is 0. The summed E-state index contributed by atoms with van der Waals surface area (Å²) in [7, 11) is 0. The Morgan fingerprint density at radius 1 is 0.810 bits per heavy atom. The van der Waals surface area contributed by atoms with Crippen LogP contribution in [0.5, 0.6) is 0 Å². The van der Waals surface area contributed by atoms with Gasteiger partial charge in [-0.25, -0.2) is 8.78 Å². The van der Waals surface area contributed by atoms with Crippen LogP contribution in [0.4, 0.5) is 8.78 Å². The summed E-state index contributed by atoms with van der Waals surface area (Å²) in [6, 6.07) is 12.2. The van der Waals surface area contributed by atoms with Gasteiger partial charge < -0.3 is 4.42 Å². The van der Waals surface area contributed by atoms with Crippen molar-refractivity contribution >= 4 is 0 Å². The molecular formula is C16H9F2NO2. The summed E-state index contributed by atoms with van der Waals surface area (Å²) < 4.78 is 31.4. The quantitative estimate of drug-likeness (QED) is 0.722. The highest BCUT2D eigenvalue weighted by molar-refractivity contribution is 5.59. The Kier molecular flexibility index (Phi) is 3.31. The van der Waals surface area contributed by atoms with E-state index in [-0.39, 0.29) is 17.5 Å². The largest absolute Gasteiger partial charge is 0.437 e. The molecule has 0 aliphatic rings. The van der Waals surface area contributed by atoms with E-state index in [1.54, 1.807) is 0 Å². The number of nitrogens with zero attached hydrogens (tertiary/aromatic N) is 1. The van der Waals surface area contributed by atoms with Gasteiger partial charge in [0.15, 0.2) is 0 Å². The van der Waals surface area contributed by atoms with Crippen molar-refractivity contribution in [1.82, 2.24) is 4.98 Å². The fourth-order valence-electron chi connectivity index (χ4n) is 1.87. The molecule has 5 heteroatoms. The van der Waals surface area contributed by atoms with Gasteiger partial charge >= 0.3 is 0 Å². The third-order valence-electron chi connectivity index (χ3n) is 2.89. The van der Waals surface area contributed by atoms with Gasteiger partial charge in [0.1, 0.15) is 17.4 Å². The number of aromatic nitrogens is 1. The lowest BCUT2D eigenvalue weighted by Crippen LogP contribution is -2.05. The predicted octanol–water partition coefficient (Wildman–Crippen LogP) is 3.65. The Morgan fingerprint density at radius 2 is 1.33 bits per heavy atom. The lowest BCUT2D eigenvalue weighted by Gasteiger charge is -2.04. The highest BCUT2D eigenvalue weighted by atomic mass is 19.1. The molecule has 0 atom stereocenters. The third-order valence-corrected chi connectivity index (χ3v) is 2.89. The van der Waals surface area contributed by atoms with Crippen LogP contribution in [0.1, 0.15) is 0 Å². The third kappa shape index (κ3) is 2.86. The van der Waals surface area contributed by atoms with E-state index >= 15 is 0 Å². The van der Waals surface area contributed by atoms with Gasteiger partial charge in [-0.15, -0.1) is 0 Å². The molecule has 0 radical (unpaired) electrons. The van der Waals surface area contributed by atoms with Crippen molar-refractivity contribution in [2.45, 2.75) is 0 Å². The van der Waals surface area contributed by atoms with Crippen LogP contribution in [0.25, 0.3) is 22.8 Å². The topological polar surface area (TPSA) is 43.1 Å². The minimum atomic E-state index is -0.486. The Morgan fingerprint density at radius 3 is 1.90 bits per heavy atom. The molecule has 1 heterocycles. The molecule has 0 aliphatic heterocycles. The molecule has 104 valence electrons. The molecule has 21 heavy (non-hydrogen) atoms. The van der Waals surface area contributed by atoms with E-state index in [0.717, 1.165) is 0 Å². The highest BCUT2D eigenvalue weighted by Crippen LogP contribution is 2.23. The van der Waals surface area contributed by atoms with Crippen molar-refractivity contribution in [3.8, 4) is 22.8 Å². The van der Waals surface area contributed by atoms with Gasteiger partial charge in [-0.3, -0.25) is 4.79 Å². The fraction of sp³-hybridized carbons (Fsp3) is 0. The zero-order valence-corrected chi connectivity index (χ0v) is 10.7. The first-order valence-corrected chi connectivity index (χ1v) is 6.16. The lowest BCUT2D eigenvalue weighted by molar-refractivity contribution is 0.556. The van der Waals surface area contributed by atoms with Crippen LogP contribution in [-0.2, 0) is 0 Å². The van der Waals surface area contributed by atoms with Crippen molar-refractivity contribution in [3.05, 3.63) is 76.6 Å². The average Bonchev–Trinajstić information content (AvgIpc) is 2.48. The van der Waals surface area contributed by atoms with E-state index < -0.39 is 11.4 Å². The second-order valence-corrected chi connectivity index (χ2v) is 4.38. The van der Waals surface area contributed by atoms with E-state index in [4.69, 9.17) is 4.42 Å². The lowest BCUT2D eigenvalue weighted by atomic mass is 10.1. The maximum Gasteiger partial charge on any atom is 0.276 e. The first kappa shape index (κ1) is 13.2. The summed E-state index contributed by atoms with van der Waals surface area (Å²) in [4.78, 5) is 15.4. The summed E-state index contributed by atoms with van der Waals surface area (Å²) in [5, 5.41) is 0. The molecule has 0 spiro atoms. The van der Waals surface area contributed by atoms with E-state index in [0.29, 0.717) is 11.1 Å². The maximum absolute atomic E-state index is 12.9. The molecule has 0 fully saturated rings. The van der Waals surface area contributed by atoms with Gasteiger partial charge in [0.2, 0.25) is 5.89 Å². The summed E-state index contributed by atoms with van der Waals surface area (Å²) >= 11 is 0. The Bertz CT molecular complexity index is 757. The minimum absolute atomic E-state index is 0.0850. The van der Waals surface area contributed by atoms with Crippen molar-refractivity contribution in [1.29, 1.82) is 0 Å². The van der Waals surface area contributed by atoms with Crippen LogP contribution in [0.2, 0.25) is 0 Å². The van der Waals surface area contributed by atoms with E-state index in [2.05, 4.69) is 4.98 Å². The zero-order valence-electron chi connectivity index (χ0n) is 10.7. The predicted molar refractivity (Wildman–Crippen MR) is 73.6 cm³/mol. The standard InChI is InChI=1S/C16H9F2NO2/c17-12-5-1-10(2-6-12)14-9-15(20)19-16(21-14)11-3-7-13(18)8-4-11/h1-9H. The molecule has 0 N–H and O–H groups in total. The first-order valence-electron chi connectivity index (χ1n) is 6.16. The smallest absolute Gasteiger partial charge is 0.276 e. The monoisotopic (exact) mass is 285 g/mol. The van der Waals surface area contributed by atoms with Crippen LogP contribution in [0, 0.1) is 11.6 Å². The molecule has 0 unspecified atom stereocenters. The molecule has 0 bridgehead atoms. The van der Waals surface area contributed by atoms with Crippen LogP contribution in [-0.4, -0.2) is 4.98 Å². The molecule has 3 aromatic rings. The molecule has 0 aliphatic carbocycles. The van der Waals surface area contributed by atoms with Crippen LogP contribution in [0.3, 0.4) is 0 Å². The Hall–Kier alpha value is -2.82. The van der Waals surface area contributed by atoms with Gasteiger partial charge in [-0.2, -0.15) is 4.98 Å². The van der Waals surface area contributed by atoms with Crippen LogP contribution < -0.4 is 5.56 Å². The van der Waals surface area contributed by atoms with E-state index in [1.807, 2.05) is 0 Å². The fourth-order valence-corrected chi connectivity index (χ4v) is 1.87. The number of halogens is 2. The zero-order chi connectivity index (χ0) is 14.8. The molecule has 2 aromatic carbocycles. The first-order chi connectivity index (χ1) is 10.1. The SMILES string of the molecule is O=c1cc(-c2ccc(F)cc2)oc(-c2ccc(F)cc2)n1. The normalized spacial score (nSPS) is 10.6. The average molecular weight is 285 g/mol. The molecule has 3 nitrogen and oxygen atoms in total. The van der Waals surface area contributed by atoms with Crippen molar-refractivity contribution < 1.29 is 13.2 Å². The molecule has 0 saturated carbocycles. The molecule has 1 aromatic heterocycles. The van der Waals surface area contributed by atoms with Crippen molar-refractivity contribution in [2.75, 3.05) is 0 Å². The van der Waals surface area contributed by atoms with Crippen LogP contribution >= 0.6 is 0 Å². The number of benzene rings is 2. The Labute approximate surface area is 118 Å². The van der Waals surface area contributed by atoms with Gasteiger partial charge in [0, 0.05) is 17.2 Å². The number of hydrogen-bond acceptors (Lipinski definition) is 3. The van der Waals surface area contributed by atoms with Crippen molar-refractivity contribution in [2.24, 2.45) is 0 Å². The molecular weight excluding hydrogens is 276 g/mol. The van der Waals surface area contributed by atoms with Gasteiger partial charge in [0.05, 0.1) is 0 Å². The van der Waals surface area contributed by atoms with Gasteiger partial charge in [0.25, 0.3) is 5.56 Å². The summed E-state index contributed by atoms with van der Waals surface area (Å²) in [6.07, 6.45) is 0. The summed E-state index contributed by atoms with van der Waals surface area (Å²) in [6.45, 7) is 0. The highest BCUT2D eigenvalue weighted by Gasteiger charge is 2.09. The van der Waals surface area contributed by atoms with Gasteiger partial charge in [-0.05, 0) is 48.5 Å². The Balaban J connectivity index is 2.10. The maximum atomic E-state index is 12.9. The van der Waals surface area contributed by atoms with E-state index in [1.165, 1.54) is 54.6 Å². The molecule has 0 amide bonds. The summed E-state index contributed by atoms with van der Waals surface area (Å²) in [5.41, 5.74) is 0.552. The molecule has 3 rings (SSSR count). The minimum Gasteiger partial charge on any atom is -0.437 e. The second-order valence-electron chi connectivity index (χ2n) is 4.38. The van der Waals surface area contributed by atoms with Gasteiger partial charge in [-0.1, -0.05) is 0 Å².